The minimum absolute atomic E-state index is 0.181. The highest BCUT2D eigenvalue weighted by molar-refractivity contribution is 5.66. The third kappa shape index (κ3) is 6.55. The SMILES string of the molecule is CCCC1CCC(C2CCC(C(F)(F)Oc3ccc(-c4cc(F)c(OCF)c(F)c4)c(F)c3)CC2)CC1. The van der Waals surface area contributed by atoms with E-state index in [2.05, 4.69) is 11.7 Å². The Kier molecular flexibility index (Phi) is 8.96. The lowest BCUT2D eigenvalue weighted by molar-refractivity contribution is -0.224. The second kappa shape index (κ2) is 12.0. The monoisotopic (exact) mass is 528 g/mol. The number of ether oxygens (including phenoxy) is 2. The van der Waals surface area contributed by atoms with Crippen LogP contribution in [0.2, 0.25) is 0 Å². The van der Waals surface area contributed by atoms with E-state index < -0.39 is 42.1 Å². The van der Waals surface area contributed by atoms with Gasteiger partial charge in [0.1, 0.15) is 11.6 Å². The van der Waals surface area contributed by atoms with Crippen LogP contribution in [-0.4, -0.2) is 13.0 Å². The van der Waals surface area contributed by atoms with Crippen molar-refractivity contribution in [2.45, 2.75) is 77.2 Å². The summed E-state index contributed by atoms with van der Waals surface area (Å²) >= 11 is 0. The maximum absolute atomic E-state index is 15.0. The summed E-state index contributed by atoms with van der Waals surface area (Å²) in [5, 5.41) is 0. The highest BCUT2D eigenvalue weighted by Crippen LogP contribution is 2.46. The van der Waals surface area contributed by atoms with E-state index in [1.54, 1.807) is 0 Å². The van der Waals surface area contributed by atoms with Crippen LogP contribution >= 0.6 is 0 Å². The number of halogens is 6. The zero-order valence-electron chi connectivity index (χ0n) is 21.1. The van der Waals surface area contributed by atoms with Crippen LogP contribution in [0.15, 0.2) is 30.3 Å². The summed E-state index contributed by atoms with van der Waals surface area (Å²) in [6, 6.07) is 4.63. The molecule has 0 bridgehead atoms. The van der Waals surface area contributed by atoms with Gasteiger partial charge in [-0.2, -0.15) is 8.78 Å². The number of hydrogen-bond acceptors (Lipinski definition) is 2. The first-order chi connectivity index (χ1) is 17.7. The van der Waals surface area contributed by atoms with Gasteiger partial charge >= 0.3 is 6.11 Å². The van der Waals surface area contributed by atoms with Gasteiger partial charge in [0.15, 0.2) is 17.4 Å². The molecule has 0 unspecified atom stereocenters. The third-order valence-corrected chi connectivity index (χ3v) is 8.20. The Morgan fingerprint density at radius 2 is 1.41 bits per heavy atom. The van der Waals surface area contributed by atoms with Gasteiger partial charge in [-0.15, -0.1) is 0 Å². The fourth-order valence-corrected chi connectivity index (χ4v) is 6.22. The molecule has 2 aromatic rings. The van der Waals surface area contributed by atoms with Crippen molar-refractivity contribution >= 4 is 0 Å². The zero-order valence-corrected chi connectivity index (χ0v) is 21.1. The largest absolute Gasteiger partial charge is 0.457 e. The molecule has 0 saturated heterocycles. The molecule has 0 aliphatic heterocycles. The molecule has 0 amide bonds. The molecule has 0 spiro atoms. The van der Waals surface area contributed by atoms with Gasteiger partial charge in [-0.05, 0) is 86.1 Å². The number of rotatable bonds is 9. The maximum atomic E-state index is 15.0. The van der Waals surface area contributed by atoms with Gasteiger partial charge in [0, 0.05) is 11.6 Å². The van der Waals surface area contributed by atoms with Gasteiger partial charge in [-0.1, -0.05) is 32.6 Å². The molecule has 0 aromatic heterocycles. The first-order valence-electron chi connectivity index (χ1n) is 13.3. The van der Waals surface area contributed by atoms with Crippen molar-refractivity contribution in [1.82, 2.24) is 0 Å². The van der Waals surface area contributed by atoms with Gasteiger partial charge in [-0.3, -0.25) is 0 Å². The molecule has 0 atom stereocenters. The molecule has 2 saturated carbocycles. The van der Waals surface area contributed by atoms with Crippen LogP contribution in [0.3, 0.4) is 0 Å². The van der Waals surface area contributed by atoms with Crippen LogP contribution < -0.4 is 9.47 Å². The van der Waals surface area contributed by atoms with Crippen LogP contribution in [0.5, 0.6) is 11.5 Å². The van der Waals surface area contributed by atoms with Crippen LogP contribution in [0.25, 0.3) is 11.1 Å². The zero-order chi connectivity index (χ0) is 26.6. The van der Waals surface area contributed by atoms with Crippen molar-refractivity contribution < 1.29 is 35.8 Å². The van der Waals surface area contributed by atoms with E-state index in [0.717, 1.165) is 49.1 Å². The molecule has 0 heterocycles. The van der Waals surface area contributed by atoms with E-state index in [4.69, 9.17) is 4.74 Å². The van der Waals surface area contributed by atoms with E-state index in [9.17, 15) is 26.3 Å². The molecular formula is C29H34F6O2. The molecule has 204 valence electrons. The quantitative estimate of drug-likeness (QED) is 0.302. The predicted molar refractivity (Wildman–Crippen MR) is 130 cm³/mol. The molecule has 37 heavy (non-hydrogen) atoms. The Morgan fingerprint density at radius 1 is 0.811 bits per heavy atom. The maximum Gasteiger partial charge on any atom is 0.400 e. The Bertz CT molecular complexity index is 1020. The summed E-state index contributed by atoms with van der Waals surface area (Å²) in [5.74, 6) is -3.69. The summed E-state index contributed by atoms with van der Waals surface area (Å²) in [4.78, 5) is 0. The molecule has 2 fully saturated rings. The molecular weight excluding hydrogens is 494 g/mol. The Balaban J connectivity index is 1.36. The smallest absolute Gasteiger partial charge is 0.400 e. The molecule has 0 radical (unpaired) electrons. The van der Waals surface area contributed by atoms with Crippen LogP contribution in [0.1, 0.15) is 71.1 Å². The molecule has 2 aliphatic rings. The highest BCUT2D eigenvalue weighted by Gasteiger charge is 2.45. The Morgan fingerprint density at radius 3 is 1.95 bits per heavy atom. The standard InChI is InChI=1S/C29H34F6O2/c1-2-3-18-4-6-19(7-5-18)20-8-10-22(11-9-20)29(34,35)37-23-12-13-24(25(31)16-23)21-14-26(32)28(36-17-30)27(33)15-21/h12-16,18-20,22H,2-11,17H2,1H3. The van der Waals surface area contributed by atoms with E-state index in [0.29, 0.717) is 24.7 Å². The van der Waals surface area contributed by atoms with Gasteiger partial charge in [0.25, 0.3) is 0 Å². The lowest BCUT2D eigenvalue weighted by Crippen LogP contribution is -2.38. The van der Waals surface area contributed by atoms with Crippen LogP contribution in [0.4, 0.5) is 26.3 Å². The van der Waals surface area contributed by atoms with Gasteiger partial charge in [0.2, 0.25) is 6.86 Å². The number of alkyl halides is 3. The lowest BCUT2D eigenvalue weighted by atomic mass is 9.68. The van der Waals surface area contributed by atoms with E-state index in [1.807, 2.05) is 0 Å². The fraction of sp³-hybridized carbons (Fsp3) is 0.586. The minimum Gasteiger partial charge on any atom is -0.457 e. The van der Waals surface area contributed by atoms with Gasteiger partial charge < -0.3 is 9.47 Å². The van der Waals surface area contributed by atoms with Crippen molar-refractivity contribution in [2.75, 3.05) is 6.86 Å². The Hall–Kier alpha value is -2.38. The van der Waals surface area contributed by atoms with Crippen molar-refractivity contribution in [3.63, 3.8) is 0 Å². The number of hydrogen-bond donors (Lipinski definition) is 0. The molecule has 4 rings (SSSR count). The molecule has 0 N–H and O–H groups in total. The summed E-state index contributed by atoms with van der Waals surface area (Å²) in [7, 11) is 0. The van der Waals surface area contributed by atoms with E-state index in [-0.39, 0.29) is 16.9 Å². The fourth-order valence-electron chi connectivity index (χ4n) is 6.22. The molecule has 2 aromatic carbocycles. The second-order valence-corrected chi connectivity index (χ2v) is 10.5. The lowest BCUT2D eigenvalue weighted by Gasteiger charge is -2.39. The summed E-state index contributed by atoms with van der Waals surface area (Å²) in [5.41, 5.74) is -0.395. The van der Waals surface area contributed by atoms with Crippen molar-refractivity contribution in [3.8, 4) is 22.6 Å². The van der Waals surface area contributed by atoms with Crippen molar-refractivity contribution in [2.24, 2.45) is 23.7 Å². The topological polar surface area (TPSA) is 18.5 Å². The molecule has 2 aliphatic carbocycles. The minimum atomic E-state index is -3.46. The third-order valence-electron chi connectivity index (χ3n) is 8.20. The summed E-state index contributed by atoms with van der Waals surface area (Å²) < 4.78 is 94.3. The Labute approximate surface area is 214 Å². The summed E-state index contributed by atoms with van der Waals surface area (Å²) in [6.07, 6.45) is 6.12. The first-order valence-corrected chi connectivity index (χ1v) is 13.3. The highest BCUT2D eigenvalue weighted by atomic mass is 19.3. The number of benzene rings is 2. The first kappa shape index (κ1) is 27.6. The van der Waals surface area contributed by atoms with Gasteiger partial charge in [0.05, 0.1) is 5.92 Å². The normalized spacial score (nSPS) is 24.6. The average Bonchev–Trinajstić information content (AvgIpc) is 2.87. The van der Waals surface area contributed by atoms with Crippen molar-refractivity contribution in [3.05, 3.63) is 47.8 Å². The van der Waals surface area contributed by atoms with Crippen LogP contribution in [-0.2, 0) is 0 Å². The van der Waals surface area contributed by atoms with Crippen LogP contribution in [0, 0.1) is 41.1 Å². The summed E-state index contributed by atoms with van der Waals surface area (Å²) in [6.45, 7) is 0.787. The van der Waals surface area contributed by atoms with Gasteiger partial charge in [-0.25, -0.2) is 17.6 Å². The second-order valence-electron chi connectivity index (χ2n) is 10.5. The predicted octanol–water partition coefficient (Wildman–Crippen LogP) is 9.46. The van der Waals surface area contributed by atoms with E-state index in [1.165, 1.54) is 38.5 Å². The van der Waals surface area contributed by atoms with Crippen molar-refractivity contribution in [1.29, 1.82) is 0 Å². The molecule has 2 nitrogen and oxygen atoms in total. The average molecular weight is 529 g/mol. The molecule has 8 heteroatoms. The van der Waals surface area contributed by atoms with E-state index >= 15 is 0 Å².